The van der Waals surface area contributed by atoms with Crippen molar-refractivity contribution in [3.63, 3.8) is 0 Å². The van der Waals surface area contributed by atoms with Gasteiger partial charge in [0.05, 0.1) is 12.0 Å². The number of fused-ring (bicyclic) bond motifs is 1. The zero-order chi connectivity index (χ0) is 14.0. The normalized spacial score (nSPS) is 18.1. The molecule has 1 heterocycles. The molecular weight excluding hydrogens is 292 g/mol. The predicted octanol–water partition coefficient (Wildman–Crippen LogP) is 1.77. The van der Waals surface area contributed by atoms with Crippen LogP contribution in [0.15, 0.2) is 18.2 Å². The Labute approximate surface area is 130 Å². The molecule has 0 atom stereocenters. The van der Waals surface area contributed by atoms with Gasteiger partial charge in [-0.25, -0.2) is 0 Å². The summed E-state index contributed by atoms with van der Waals surface area (Å²) in [5.74, 6) is 1.48. The van der Waals surface area contributed by atoms with E-state index in [1.807, 2.05) is 18.2 Å². The second-order valence-electron chi connectivity index (χ2n) is 5.60. The number of hydrogen-bond donors (Lipinski definition) is 2. The SMILES string of the molecule is Cl.NCC1(NC(=O)Cc2ccc3c(c2)OCO3)CCCC1. The first-order chi connectivity index (χ1) is 9.71. The lowest BCUT2D eigenvalue weighted by atomic mass is 9.97. The molecule has 1 aromatic carbocycles. The van der Waals surface area contributed by atoms with E-state index in [9.17, 15) is 4.79 Å². The van der Waals surface area contributed by atoms with Crippen LogP contribution in [0.3, 0.4) is 0 Å². The molecule has 5 nitrogen and oxygen atoms in total. The van der Waals surface area contributed by atoms with Crippen molar-refractivity contribution >= 4 is 18.3 Å². The molecule has 3 N–H and O–H groups in total. The Morgan fingerprint density at radius 1 is 1.24 bits per heavy atom. The van der Waals surface area contributed by atoms with Gasteiger partial charge in [0, 0.05) is 6.54 Å². The summed E-state index contributed by atoms with van der Waals surface area (Å²) >= 11 is 0. The standard InChI is InChI=1S/C15H20N2O3.ClH/c16-9-15(5-1-2-6-15)17-14(18)8-11-3-4-12-13(7-11)20-10-19-12;/h3-4,7H,1-2,5-6,8-10,16H2,(H,17,18);1H. The highest BCUT2D eigenvalue weighted by Gasteiger charge is 2.33. The number of halogens is 1. The molecular formula is C15H21ClN2O3. The highest BCUT2D eigenvalue weighted by molar-refractivity contribution is 5.85. The molecule has 1 saturated carbocycles. The van der Waals surface area contributed by atoms with Crippen LogP contribution in [0.1, 0.15) is 31.2 Å². The molecule has 21 heavy (non-hydrogen) atoms. The Bertz CT molecular complexity index is 516. The van der Waals surface area contributed by atoms with Crippen molar-refractivity contribution in [2.24, 2.45) is 5.73 Å². The average molecular weight is 313 g/mol. The molecule has 0 spiro atoms. The fourth-order valence-electron chi connectivity index (χ4n) is 3.01. The van der Waals surface area contributed by atoms with E-state index in [4.69, 9.17) is 15.2 Å². The van der Waals surface area contributed by atoms with E-state index in [0.717, 1.165) is 37.0 Å². The topological polar surface area (TPSA) is 73.6 Å². The van der Waals surface area contributed by atoms with Gasteiger partial charge in [0.25, 0.3) is 0 Å². The number of benzene rings is 1. The number of carbonyl (C=O) groups is 1. The summed E-state index contributed by atoms with van der Waals surface area (Å²) in [4.78, 5) is 12.2. The summed E-state index contributed by atoms with van der Waals surface area (Å²) in [5, 5.41) is 3.12. The van der Waals surface area contributed by atoms with Crippen LogP contribution in [-0.2, 0) is 11.2 Å². The maximum absolute atomic E-state index is 12.2. The molecule has 0 unspecified atom stereocenters. The third-order valence-electron chi connectivity index (χ3n) is 4.16. The molecule has 2 aliphatic rings. The summed E-state index contributed by atoms with van der Waals surface area (Å²) in [7, 11) is 0. The molecule has 6 heteroatoms. The minimum Gasteiger partial charge on any atom is -0.454 e. The Kier molecular flexibility index (Phi) is 4.96. The zero-order valence-electron chi connectivity index (χ0n) is 11.9. The number of hydrogen-bond acceptors (Lipinski definition) is 4. The van der Waals surface area contributed by atoms with Crippen molar-refractivity contribution in [1.29, 1.82) is 0 Å². The second kappa shape index (κ2) is 6.54. The zero-order valence-corrected chi connectivity index (χ0v) is 12.7. The predicted molar refractivity (Wildman–Crippen MR) is 81.9 cm³/mol. The molecule has 1 aromatic rings. The van der Waals surface area contributed by atoms with Crippen molar-refractivity contribution in [1.82, 2.24) is 5.32 Å². The van der Waals surface area contributed by atoms with Gasteiger partial charge < -0.3 is 20.5 Å². The minimum absolute atomic E-state index is 0. The summed E-state index contributed by atoms with van der Waals surface area (Å²) in [6.45, 7) is 0.765. The quantitative estimate of drug-likeness (QED) is 0.888. The van der Waals surface area contributed by atoms with Gasteiger partial charge in [-0.3, -0.25) is 4.79 Å². The molecule has 116 valence electrons. The molecule has 1 aliphatic carbocycles. The van der Waals surface area contributed by atoms with Crippen molar-refractivity contribution in [2.45, 2.75) is 37.6 Å². The lowest BCUT2D eigenvalue weighted by Gasteiger charge is -2.28. The van der Waals surface area contributed by atoms with E-state index in [2.05, 4.69) is 5.32 Å². The number of amides is 1. The van der Waals surface area contributed by atoms with Crippen LogP contribution in [0.5, 0.6) is 11.5 Å². The monoisotopic (exact) mass is 312 g/mol. The Balaban J connectivity index is 0.00000161. The van der Waals surface area contributed by atoms with Crippen LogP contribution in [0, 0.1) is 0 Å². The first-order valence-electron chi connectivity index (χ1n) is 7.10. The number of carbonyl (C=O) groups excluding carboxylic acids is 1. The molecule has 1 fully saturated rings. The highest BCUT2D eigenvalue weighted by atomic mass is 35.5. The Hall–Kier alpha value is -1.46. The fourth-order valence-corrected chi connectivity index (χ4v) is 3.01. The summed E-state index contributed by atoms with van der Waals surface area (Å²) in [6.07, 6.45) is 4.59. The lowest BCUT2D eigenvalue weighted by molar-refractivity contribution is -0.122. The molecule has 0 radical (unpaired) electrons. The summed E-state index contributed by atoms with van der Waals surface area (Å²) < 4.78 is 10.6. The van der Waals surface area contributed by atoms with E-state index in [1.54, 1.807) is 0 Å². The van der Waals surface area contributed by atoms with Crippen LogP contribution >= 0.6 is 12.4 Å². The van der Waals surface area contributed by atoms with Crippen molar-refractivity contribution in [3.05, 3.63) is 23.8 Å². The average Bonchev–Trinajstić information content (AvgIpc) is 3.07. The van der Waals surface area contributed by atoms with Crippen molar-refractivity contribution in [3.8, 4) is 11.5 Å². The van der Waals surface area contributed by atoms with Gasteiger partial charge in [0.1, 0.15) is 0 Å². The van der Waals surface area contributed by atoms with Crippen LogP contribution in [0.4, 0.5) is 0 Å². The Morgan fingerprint density at radius 2 is 1.95 bits per heavy atom. The summed E-state index contributed by atoms with van der Waals surface area (Å²) in [6, 6.07) is 5.61. The van der Waals surface area contributed by atoms with Gasteiger partial charge in [-0.05, 0) is 30.5 Å². The third kappa shape index (κ3) is 3.41. The van der Waals surface area contributed by atoms with Gasteiger partial charge in [-0.2, -0.15) is 0 Å². The van der Waals surface area contributed by atoms with Gasteiger partial charge in [-0.1, -0.05) is 18.9 Å². The van der Waals surface area contributed by atoms with Crippen LogP contribution in [-0.4, -0.2) is 24.8 Å². The van der Waals surface area contributed by atoms with Gasteiger partial charge in [0.15, 0.2) is 11.5 Å². The Morgan fingerprint density at radius 3 is 2.67 bits per heavy atom. The first-order valence-corrected chi connectivity index (χ1v) is 7.10. The van der Waals surface area contributed by atoms with Gasteiger partial charge >= 0.3 is 0 Å². The molecule has 0 bridgehead atoms. The smallest absolute Gasteiger partial charge is 0.231 e. The summed E-state index contributed by atoms with van der Waals surface area (Å²) in [5.41, 5.74) is 6.57. The van der Waals surface area contributed by atoms with E-state index in [0.29, 0.717) is 18.7 Å². The second-order valence-corrected chi connectivity index (χ2v) is 5.60. The lowest BCUT2D eigenvalue weighted by Crippen LogP contribution is -2.52. The van der Waals surface area contributed by atoms with E-state index in [-0.39, 0.29) is 30.6 Å². The van der Waals surface area contributed by atoms with Gasteiger partial charge in [0.2, 0.25) is 12.7 Å². The van der Waals surface area contributed by atoms with Crippen molar-refractivity contribution in [2.75, 3.05) is 13.3 Å². The van der Waals surface area contributed by atoms with Crippen LogP contribution in [0.25, 0.3) is 0 Å². The third-order valence-corrected chi connectivity index (χ3v) is 4.16. The van der Waals surface area contributed by atoms with Crippen LogP contribution in [0.2, 0.25) is 0 Å². The van der Waals surface area contributed by atoms with Crippen LogP contribution < -0.4 is 20.5 Å². The highest BCUT2D eigenvalue weighted by Crippen LogP contribution is 2.33. The minimum atomic E-state index is -0.187. The molecule has 1 amide bonds. The molecule has 3 rings (SSSR count). The number of nitrogens with one attached hydrogen (secondary N) is 1. The van der Waals surface area contributed by atoms with E-state index >= 15 is 0 Å². The number of ether oxygens (including phenoxy) is 2. The van der Waals surface area contributed by atoms with E-state index in [1.165, 1.54) is 0 Å². The molecule has 0 aromatic heterocycles. The van der Waals surface area contributed by atoms with E-state index < -0.39 is 0 Å². The molecule has 0 saturated heterocycles. The first kappa shape index (κ1) is 15.9. The molecule has 1 aliphatic heterocycles. The van der Waals surface area contributed by atoms with Gasteiger partial charge in [-0.15, -0.1) is 12.4 Å². The maximum Gasteiger partial charge on any atom is 0.231 e. The number of rotatable bonds is 4. The van der Waals surface area contributed by atoms with Crippen molar-refractivity contribution < 1.29 is 14.3 Å². The fraction of sp³-hybridized carbons (Fsp3) is 0.533. The largest absolute Gasteiger partial charge is 0.454 e. The number of nitrogens with two attached hydrogens (primary N) is 1. The maximum atomic E-state index is 12.2.